The van der Waals surface area contributed by atoms with E-state index in [0.29, 0.717) is 12.0 Å². The lowest BCUT2D eigenvalue weighted by Gasteiger charge is -2.19. The average Bonchev–Trinajstić information content (AvgIpc) is 2.31. The van der Waals surface area contributed by atoms with E-state index in [9.17, 15) is 9.59 Å². The molecule has 0 saturated heterocycles. The molecule has 0 radical (unpaired) electrons. The van der Waals surface area contributed by atoms with Crippen LogP contribution >= 0.6 is 0 Å². The van der Waals surface area contributed by atoms with Gasteiger partial charge >= 0.3 is 5.97 Å². The molecule has 0 aromatic rings. The number of amides is 1. The molecule has 0 heterocycles. The topological polar surface area (TPSA) is 75.6 Å². The van der Waals surface area contributed by atoms with Crippen molar-refractivity contribution in [3.8, 4) is 0 Å². The van der Waals surface area contributed by atoms with Crippen LogP contribution in [0.5, 0.6) is 0 Å². The second kappa shape index (κ2) is 8.69. The van der Waals surface area contributed by atoms with E-state index in [4.69, 9.17) is 9.84 Å². The van der Waals surface area contributed by atoms with Crippen LogP contribution in [-0.4, -0.2) is 35.7 Å². The molecule has 0 aliphatic carbocycles. The number of hydrogen-bond acceptors (Lipinski definition) is 4. The molecule has 2 atom stereocenters. The summed E-state index contributed by atoms with van der Waals surface area (Å²) < 4.78 is 5.11. The summed E-state index contributed by atoms with van der Waals surface area (Å²) in [5, 5.41) is 11.7. The van der Waals surface area contributed by atoms with Gasteiger partial charge in [0.25, 0.3) is 0 Å². The van der Waals surface area contributed by atoms with Crippen LogP contribution in [0.2, 0.25) is 0 Å². The van der Waals surface area contributed by atoms with Gasteiger partial charge in [-0.3, -0.25) is 4.79 Å². The van der Waals surface area contributed by atoms with Crippen LogP contribution in [0.15, 0.2) is 12.2 Å². The number of esters is 1. The molecule has 5 nitrogen and oxygen atoms in total. The van der Waals surface area contributed by atoms with Crippen LogP contribution in [0.1, 0.15) is 40.0 Å². The zero-order chi connectivity index (χ0) is 14.1. The molecule has 0 aromatic heterocycles. The van der Waals surface area contributed by atoms with Gasteiger partial charge in [-0.05, 0) is 26.7 Å². The third-order valence-corrected chi connectivity index (χ3v) is 2.38. The minimum absolute atomic E-state index is 0.240. The predicted octanol–water partition coefficient (Wildman–Crippen LogP) is 1.16. The Labute approximate surface area is 108 Å². The maximum absolute atomic E-state index is 11.3. The summed E-state index contributed by atoms with van der Waals surface area (Å²) >= 11 is 0. The van der Waals surface area contributed by atoms with Crippen LogP contribution in [0.4, 0.5) is 0 Å². The molecule has 0 aliphatic heterocycles. The van der Waals surface area contributed by atoms with Crippen molar-refractivity contribution < 1.29 is 19.4 Å². The van der Waals surface area contributed by atoms with Crippen molar-refractivity contribution in [2.45, 2.75) is 52.2 Å². The highest BCUT2D eigenvalue weighted by molar-refractivity contribution is 5.92. The van der Waals surface area contributed by atoms with Gasteiger partial charge in [0.2, 0.25) is 5.91 Å². The Morgan fingerprint density at radius 3 is 2.50 bits per heavy atom. The molecule has 104 valence electrons. The fourth-order valence-electron chi connectivity index (χ4n) is 1.25. The normalized spacial score (nSPS) is 13.6. The maximum atomic E-state index is 11.3. The van der Waals surface area contributed by atoms with E-state index in [2.05, 4.69) is 11.9 Å². The van der Waals surface area contributed by atoms with Gasteiger partial charge < -0.3 is 15.2 Å². The van der Waals surface area contributed by atoms with Crippen LogP contribution in [-0.2, 0) is 14.3 Å². The summed E-state index contributed by atoms with van der Waals surface area (Å²) in [4.78, 5) is 22.6. The quantitative estimate of drug-likeness (QED) is 0.505. The number of aliphatic hydroxyl groups is 1. The minimum atomic E-state index is -1.15. The second-order valence-corrected chi connectivity index (χ2v) is 4.37. The average molecular weight is 257 g/mol. The highest BCUT2D eigenvalue weighted by Gasteiger charge is 2.18. The molecule has 0 aliphatic rings. The first kappa shape index (κ1) is 16.6. The fraction of sp³-hybridized carbons (Fsp3) is 0.692. The van der Waals surface area contributed by atoms with Crippen molar-refractivity contribution in [2.24, 2.45) is 0 Å². The maximum Gasteiger partial charge on any atom is 0.334 e. The van der Waals surface area contributed by atoms with Crippen LogP contribution in [0.25, 0.3) is 0 Å². The van der Waals surface area contributed by atoms with Gasteiger partial charge in [0.15, 0.2) is 0 Å². The van der Waals surface area contributed by atoms with Gasteiger partial charge in [-0.2, -0.15) is 0 Å². The number of nitrogens with one attached hydrogen (secondary N) is 1. The SMILES string of the molecule is C=C(C)C(=O)NCC(CCCC)OC(=O)C(C)O. The standard InChI is InChI=1S/C13H23NO4/c1-5-6-7-11(18-13(17)10(4)15)8-14-12(16)9(2)3/h10-11,15H,2,5-8H2,1,3-4H3,(H,14,16). The number of carbonyl (C=O) groups is 2. The van der Waals surface area contributed by atoms with E-state index in [1.165, 1.54) is 6.92 Å². The molecule has 0 fully saturated rings. The number of rotatable bonds is 8. The van der Waals surface area contributed by atoms with Crippen molar-refractivity contribution in [1.29, 1.82) is 0 Å². The Bertz CT molecular complexity index is 299. The van der Waals surface area contributed by atoms with Crippen molar-refractivity contribution in [2.75, 3.05) is 6.54 Å². The molecule has 0 aromatic carbocycles. The first-order valence-electron chi connectivity index (χ1n) is 6.20. The Morgan fingerprint density at radius 2 is 2.06 bits per heavy atom. The van der Waals surface area contributed by atoms with Gasteiger partial charge in [0.1, 0.15) is 12.2 Å². The summed E-state index contributed by atoms with van der Waals surface area (Å²) in [7, 11) is 0. The number of hydrogen-bond donors (Lipinski definition) is 2. The lowest BCUT2D eigenvalue weighted by atomic mass is 10.1. The molecular formula is C13H23NO4. The van der Waals surface area contributed by atoms with Gasteiger partial charge in [0.05, 0.1) is 6.54 Å². The number of carbonyl (C=O) groups excluding carboxylic acids is 2. The monoisotopic (exact) mass is 257 g/mol. The second-order valence-electron chi connectivity index (χ2n) is 4.37. The van der Waals surface area contributed by atoms with Crippen molar-refractivity contribution in [3.05, 3.63) is 12.2 Å². The molecule has 2 unspecified atom stereocenters. The first-order chi connectivity index (χ1) is 8.38. The summed E-state index contributed by atoms with van der Waals surface area (Å²) in [6.07, 6.45) is 0.963. The first-order valence-corrected chi connectivity index (χ1v) is 6.20. The van der Waals surface area contributed by atoms with Crippen LogP contribution < -0.4 is 5.32 Å². The molecule has 0 bridgehead atoms. The lowest BCUT2D eigenvalue weighted by Crippen LogP contribution is -2.37. The van der Waals surface area contributed by atoms with E-state index in [-0.39, 0.29) is 12.5 Å². The Morgan fingerprint density at radius 1 is 1.44 bits per heavy atom. The highest BCUT2D eigenvalue weighted by Crippen LogP contribution is 2.06. The summed E-state index contributed by atoms with van der Waals surface area (Å²) in [5.74, 6) is -0.926. The molecule has 0 spiro atoms. The third kappa shape index (κ3) is 7.06. The number of ether oxygens (including phenoxy) is 1. The number of aliphatic hydroxyl groups excluding tert-OH is 1. The van der Waals surface area contributed by atoms with E-state index < -0.39 is 18.2 Å². The highest BCUT2D eigenvalue weighted by atomic mass is 16.6. The zero-order valence-corrected chi connectivity index (χ0v) is 11.4. The van der Waals surface area contributed by atoms with E-state index >= 15 is 0 Å². The Kier molecular flexibility index (Phi) is 8.03. The molecule has 5 heteroatoms. The lowest BCUT2D eigenvalue weighted by molar-refractivity contribution is -0.158. The van der Waals surface area contributed by atoms with Crippen LogP contribution in [0.3, 0.4) is 0 Å². The van der Waals surface area contributed by atoms with Crippen LogP contribution in [0, 0.1) is 0 Å². The largest absolute Gasteiger partial charge is 0.459 e. The van der Waals surface area contributed by atoms with Gasteiger partial charge in [-0.25, -0.2) is 4.79 Å². The Balaban J connectivity index is 4.26. The smallest absolute Gasteiger partial charge is 0.334 e. The third-order valence-electron chi connectivity index (χ3n) is 2.38. The van der Waals surface area contributed by atoms with Crippen molar-refractivity contribution in [3.63, 3.8) is 0 Å². The predicted molar refractivity (Wildman–Crippen MR) is 68.9 cm³/mol. The molecular weight excluding hydrogens is 234 g/mol. The molecule has 0 rings (SSSR count). The van der Waals surface area contributed by atoms with Crippen molar-refractivity contribution in [1.82, 2.24) is 5.32 Å². The fourth-order valence-corrected chi connectivity index (χ4v) is 1.25. The zero-order valence-electron chi connectivity index (χ0n) is 11.4. The van der Waals surface area contributed by atoms with Crippen molar-refractivity contribution >= 4 is 11.9 Å². The summed E-state index contributed by atoms with van der Waals surface area (Å²) in [6, 6.07) is 0. The number of unbranched alkanes of at least 4 members (excludes halogenated alkanes) is 1. The molecule has 0 saturated carbocycles. The molecule has 2 N–H and O–H groups in total. The molecule has 1 amide bonds. The van der Waals surface area contributed by atoms with Gasteiger partial charge in [-0.1, -0.05) is 19.9 Å². The Hall–Kier alpha value is -1.36. The summed E-state index contributed by atoms with van der Waals surface area (Å²) in [6.45, 7) is 8.75. The minimum Gasteiger partial charge on any atom is -0.459 e. The summed E-state index contributed by atoms with van der Waals surface area (Å²) in [5.41, 5.74) is 0.408. The van der Waals surface area contributed by atoms with Gasteiger partial charge in [-0.15, -0.1) is 0 Å². The van der Waals surface area contributed by atoms with E-state index in [0.717, 1.165) is 12.8 Å². The van der Waals surface area contributed by atoms with E-state index in [1.54, 1.807) is 6.92 Å². The molecule has 18 heavy (non-hydrogen) atoms. The van der Waals surface area contributed by atoms with E-state index in [1.807, 2.05) is 6.92 Å². The van der Waals surface area contributed by atoms with Gasteiger partial charge in [0, 0.05) is 5.57 Å².